The second-order valence-corrected chi connectivity index (χ2v) is 7.13. The molecule has 0 aliphatic rings. The van der Waals surface area contributed by atoms with Crippen LogP contribution in [0.5, 0.6) is 5.75 Å². The van der Waals surface area contributed by atoms with Crippen molar-refractivity contribution in [1.82, 2.24) is 10.3 Å². The van der Waals surface area contributed by atoms with Crippen LogP contribution in [-0.4, -0.2) is 36.3 Å². The Labute approximate surface area is 173 Å². The van der Waals surface area contributed by atoms with Crippen LogP contribution in [0.15, 0.2) is 48.5 Å². The van der Waals surface area contributed by atoms with Crippen molar-refractivity contribution in [1.29, 1.82) is 0 Å². The molecule has 0 fully saturated rings. The van der Waals surface area contributed by atoms with E-state index in [0.29, 0.717) is 21.0 Å². The van der Waals surface area contributed by atoms with Crippen LogP contribution in [0.1, 0.15) is 6.42 Å². The number of nitrogens with one attached hydrogen (secondary N) is 3. The average molecular weight is 438 g/mol. The minimum Gasteiger partial charge on any atom is -0.484 e. The normalized spacial score (nSPS) is 11.2. The first kappa shape index (κ1) is 21.4. The molecule has 0 aliphatic carbocycles. The van der Waals surface area contributed by atoms with E-state index in [1.165, 1.54) is 18.2 Å². The van der Waals surface area contributed by atoms with Gasteiger partial charge in [-0.25, -0.2) is 9.78 Å². The summed E-state index contributed by atoms with van der Waals surface area (Å²) in [6.45, 7) is -1.27. The third kappa shape index (κ3) is 6.62. The number of carbonyl (C=O) groups is 2. The van der Waals surface area contributed by atoms with Crippen LogP contribution in [0.4, 0.5) is 28.8 Å². The molecule has 0 aliphatic heterocycles. The maximum absolute atomic E-state index is 12.3. The van der Waals surface area contributed by atoms with Gasteiger partial charge in [-0.1, -0.05) is 29.5 Å². The van der Waals surface area contributed by atoms with Gasteiger partial charge in [0.05, 0.1) is 10.2 Å². The maximum atomic E-state index is 12.3. The van der Waals surface area contributed by atoms with Crippen LogP contribution in [0, 0.1) is 0 Å². The molecule has 3 rings (SSSR count). The summed E-state index contributed by atoms with van der Waals surface area (Å²) in [5.41, 5.74) is 1.16. The topological polar surface area (TPSA) is 92.4 Å². The van der Waals surface area contributed by atoms with Gasteiger partial charge >= 0.3 is 12.2 Å². The van der Waals surface area contributed by atoms with E-state index in [-0.39, 0.29) is 24.6 Å². The molecule has 3 N–H and O–H groups in total. The van der Waals surface area contributed by atoms with Crippen LogP contribution in [0.2, 0.25) is 0 Å². The Bertz CT molecular complexity index is 1020. The lowest BCUT2D eigenvalue weighted by atomic mass is 10.3. The zero-order valence-electron chi connectivity index (χ0n) is 15.5. The summed E-state index contributed by atoms with van der Waals surface area (Å²) in [6.07, 6.45) is -4.40. The summed E-state index contributed by atoms with van der Waals surface area (Å²) in [4.78, 5) is 28.0. The number of urea groups is 1. The molecule has 3 amide bonds. The van der Waals surface area contributed by atoms with E-state index in [2.05, 4.69) is 20.9 Å². The first-order chi connectivity index (χ1) is 14.3. The van der Waals surface area contributed by atoms with Gasteiger partial charge in [0.25, 0.3) is 0 Å². The highest BCUT2D eigenvalue weighted by Gasteiger charge is 2.28. The Hall–Kier alpha value is -3.34. The Balaban J connectivity index is 1.47. The second kappa shape index (κ2) is 9.44. The lowest BCUT2D eigenvalue weighted by Crippen LogP contribution is -2.31. The molecule has 0 atom stereocenters. The van der Waals surface area contributed by atoms with Gasteiger partial charge in [-0.15, -0.1) is 0 Å². The molecule has 30 heavy (non-hydrogen) atoms. The number of rotatable bonds is 7. The lowest BCUT2D eigenvalue weighted by molar-refractivity contribution is -0.153. The highest BCUT2D eigenvalue weighted by Crippen LogP contribution is 2.30. The minimum atomic E-state index is -4.42. The number of hydrogen-bond acceptors (Lipinski definition) is 5. The third-order valence-corrected chi connectivity index (χ3v) is 4.61. The molecule has 0 spiro atoms. The summed E-state index contributed by atoms with van der Waals surface area (Å²) in [5, 5.41) is 8.11. The van der Waals surface area contributed by atoms with Crippen LogP contribution in [-0.2, 0) is 4.79 Å². The molecule has 11 heteroatoms. The Morgan fingerprint density at radius 2 is 1.83 bits per heavy atom. The van der Waals surface area contributed by atoms with E-state index in [9.17, 15) is 22.8 Å². The Morgan fingerprint density at radius 1 is 1.07 bits per heavy atom. The fourth-order valence-corrected chi connectivity index (χ4v) is 3.29. The zero-order valence-corrected chi connectivity index (χ0v) is 16.3. The second-order valence-electron chi connectivity index (χ2n) is 6.10. The molecular weight excluding hydrogens is 421 g/mol. The summed E-state index contributed by atoms with van der Waals surface area (Å²) >= 11 is 1.11. The predicted octanol–water partition coefficient (Wildman–Crippen LogP) is 4.39. The standard InChI is InChI=1S/C19H17F3N4O3S/c20-19(21,22)11-29-13-6-7-14-15(10-13)30-18(25-14)26-16(27)8-9-23-17(28)24-12-4-2-1-3-5-12/h1-7,10H,8-9,11H2,(H2,23,24,28)(H,25,26,27). The van der Waals surface area contributed by atoms with Crippen molar-refractivity contribution in [3.8, 4) is 5.75 Å². The number of benzene rings is 2. The molecule has 1 heterocycles. The molecule has 7 nitrogen and oxygen atoms in total. The zero-order chi connectivity index (χ0) is 21.6. The van der Waals surface area contributed by atoms with Gasteiger partial charge in [-0.3, -0.25) is 4.79 Å². The predicted molar refractivity (Wildman–Crippen MR) is 108 cm³/mol. The fraction of sp³-hybridized carbons (Fsp3) is 0.211. The van der Waals surface area contributed by atoms with E-state index in [0.717, 1.165) is 11.3 Å². The van der Waals surface area contributed by atoms with E-state index >= 15 is 0 Å². The van der Waals surface area contributed by atoms with E-state index < -0.39 is 18.8 Å². The summed E-state index contributed by atoms with van der Waals surface area (Å²) in [7, 11) is 0. The average Bonchev–Trinajstić information content (AvgIpc) is 3.08. The van der Waals surface area contributed by atoms with Crippen LogP contribution >= 0.6 is 11.3 Å². The first-order valence-electron chi connectivity index (χ1n) is 8.78. The fourth-order valence-electron chi connectivity index (χ4n) is 2.38. The summed E-state index contributed by atoms with van der Waals surface area (Å²) in [5.74, 6) is -0.294. The summed E-state index contributed by atoms with van der Waals surface area (Å²) in [6, 6.07) is 12.8. The van der Waals surface area contributed by atoms with Crippen molar-refractivity contribution in [3.63, 3.8) is 0 Å². The number of aromatic nitrogens is 1. The van der Waals surface area contributed by atoms with Gasteiger partial charge in [0.2, 0.25) is 5.91 Å². The number of ether oxygens (including phenoxy) is 1. The Morgan fingerprint density at radius 3 is 2.57 bits per heavy atom. The third-order valence-electron chi connectivity index (χ3n) is 3.68. The van der Waals surface area contributed by atoms with Crippen molar-refractivity contribution < 1.29 is 27.5 Å². The molecule has 3 aromatic rings. The minimum absolute atomic E-state index is 0.0259. The lowest BCUT2D eigenvalue weighted by Gasteiger charge is -2.08. The van der Waals surface area contributed by atoms with Crippen molar-refractivity contribution in [2.75, 3.05) is 23.8 Å². The quantitative estimate of drug-likeness (QED) is 0.510. The maximum Gasteiger partial charge on any atom is 0.422 e. The highest BCUT2D eigenvalue weighted by molar-refractivity contribution is 7.22. The highest BCUT2D eigenvalue weighted by atomic mass is 32.1. The molecule has 0 radical (unpaired) electrons. The number of amides is 3. The van der Waals surface area contributed by atoms with Crippen molar-refractivity contribution >= 4 is 44.3 Å². The van der Waals surface area contributed by atoms with Gasteiger partial charge in [0.15, 0.2) is 11.7 Å². The molecule has 1 aromatic heterocycles. The largest absolute Gasteiger partial charge is 0.484 e. The van der Waals surface area contributed by atoms with Crippen LogP contribution in [0.25, 0.3) is 10.2 Å². The molecule has 0 saturated carbocycles. The number of thiazole rings is 1. The van der Waals surface area contributed by atoms with E-state index in [1.54, 1.807) is 24.3 Å². The number of halogens is 3. The van der Waals surface area contributed by atoms with E-state index in [1.807, 2.05) is 6.07 Å². The van der Waals surface area contributed by atoms with Crippen LogP contribution < -0.4 is 20.7 Å². The number of alkyl halides is 3. The van der Waals surface area contributed by atoms with Gasteiger partial charge in [-0.05, 0) is 30.3 Å². The van der Waals surface area contributed by atoms with E-state index in [4.69, 9.17) is 4.74 Å². The van der Waals surface area contributed by atoms with Crippen molar-refractivity contribution in [2.24, 2.45) is 0 Å². The number of anilines is 2. The smallest absolute Gasteiger partial charge is 0.422 e. The number of carbonyl (C=O) groups excluding carboxylic acids is 2. The number of nitrogens with zero attached hydrogens (tertiary/aromatic N) is 1. The Kier molecular flexibility index (Phi) is 6.72. The van der Waals surface area contributed by atoms with Gasteiger partial charge in [0, 0.05) is 18.7 Å². The molecular formula is C19H17F3N4O3S. The molecule has 158 valence electrons. The SMILES string of the molecule is O=C(CCNC(=O)Nc1ccccc1)Nc1nc2ccc(OCC(F)(F)F)cc2s1. The van der Waals surface area contributed by atoms with Crippen molar-refractivity contribution in [2.45, 2.75) is 12.6 Å². The molecule has 0 saturated heterocycles. The van der Waals surface area contributed by atoms with Crippen LogP contribution in [0.3, 0.4) is 0 Å². The van der Waals surface area contributed by atoms with Crippen molar-refractivity contribution in [3.05, 3.63) is 48.5 Å². The molecule has 0 unspecified atom stereocenters. The number of fused-ring (bicyclic) bond motifs is 1. The van der Waals surface area contributed by atoms with Gasteiger partial charge < -0.3 is 20.7 Å². The first-order valence-corrected chi connectivity index (χ1v) is 9.60. The molecule has 2 aromatic carbocycles. The number of para-hydroxylation sites is 1. The molecule has 0 bridgehead atoms. The van der Waals surface area contributed by atoms with Gasteiger partial charge in [0.1, 0.15) is 5.75 Å². The monoisotopic (exact) mass is 438 g/mol. The summed E-state index contributed by atoms with van der Waals surface area (Å²) < 4.78 is 42.0. The van der Waals surface area contributed by atoms with Gasteiger partial charge in [-0.2, -0.15) is 13.2 Å². The number of hydrogen-bond donors (Lipinski definition) is 3.